The molecule has 1 aromatic heterocycles. The van der Waals surface area contributed by atoms with Crippen LogP contribution in [0.3, 0.4) is 0 Å². The molecule has 2 aliphatic rings. The second-order valence-electron chi connectivity index (χ2n) is 6.10. The summed E-state index contributed by atoms with van der Waals surface area (Å²) in [5.41, 5.74) is 0. The minimum Gasteiger partial charge on any atom is -0.337 e. The number of hydrogen-bond donors (Lipinski definition) is 0. The van der Waals surface area contributed by atoms with Gasteiger partial charge in [0.2, 0.25) is 17.7 Å². The van der Waals surface area contributed by atoms with Crippen LogP contribution in [0.15, 0.2) is 4.52 Å². The number of amides is 2. The Balaban J connectivity index is 1.69. The van der Waals surface area contributed by atoms with Gasteiger partial charge < -0.3 is 14.3 Å². The maximum atomic E-state index is 12.5. The van der Waals surface area contributed by atoms with Crippen molar-refractivity contribution in [3.63, 3.8) is 0 Å². The number of hydrogen-bond acceptors (Lipinski definition) is 6. The van der Waals surface area contributed by atoms with Gasteiger partial charge >= 0.3 is 0 Å². The predicted octanol–water partition coefficient (Wildman–Crippen LogP) is 1.81. The van der Waals surface area contributed by atoms with E-state index >= 15 is 0 Å². The standard InChI is InChI=1S/C15H22N4O3S/c1-3-10(2)15(21)19-9-23-8-11(19)14-16-12(17-22-14)7-18-6-4-5-13(18)20/h10-11H,3-9H2,1-2H3/t10?,11-/m0/s1. The highest BCUT2D eigenvalue weighted by Crippen LogP contribution is 2.33. The van der Waals surface area contributed by atoms with Crippen molar-refractivity contribution in [2.24, 2.45) is 5.92 Å². The Hall–Kier alpha value is -1.57. The molecule has 3 rings (SSSR count). The Labute approximate surface area is 139 Å². The van der Waals surface area contributed by atoms with E-state index in [0.29, 0.717) is 30.6 Å². The lowest BCUT2D eigenvalue weighted by Gasteiger charge is -2.23. The van der Waals surface area contributed by atoms with Crippen LogP contribution in [0.2, 0.25) is 0 Å². The molecule has 0 radical (unpaired) electrons. The van der Waals surface area contributed by atoms with Crippen molar-refractivity contribution in [2.45, 2.75) is 45.7 Å². The van der Waals surface area contributed by atoms with E-state index in [9.17, 15) is 9.59 Å². The minimum absolute atomic E-state index is 0.000753. The van der Waals surface area contributed by atoms with Crippen molar-refractivity contribution < 1.29 is 14.1 Å². The minimum atomic E-state index is -0.156. The summed E-state index contributed by atoms with van der Waals surface area (Å²) in [4.78, 5) is 32.1. The van der Waals surface area contributed by atoms with Gasteiger partial charge in [-0.1, -0.05) is 19.0 Å². The molecule has 0 saturated carbocycles. The molecule has 2 atom stereocenters. The Morgan fingerprint density at radius 2 is 2.35 bits per heavy atom. The summed E-state index contributed by atoms with van der Waals surface area (Å²) in [5, 5.41) is 3.99. The van der Waals surface area contributed by atoms with Crippen LogP contribution in [0.25, 0.3) is 0 Å². The van der Waals surface area contributed by atoms with Crippen LogP contribution in [0.5, 0.6) is 0 Å². The third kappa shape index (κ3) is 3.36. The summed E-state index contributed by atoms with van der Waals surface area (Å²) in [6, 6.07) is -0.156. The zero-order valence-electron chi connectivity index (χ0n) is 13.5. The highest BCUT2D eigenvalue weighted by molar-refractivity contribution is 7.99. The average molecular weight is 338 g/mol. The van der Waals surface area contributed by atoms with Crippen LogP contribution in [-0.4, -0.2) is 49.9 Å². The van der Waals surface area contributed by atoms with Crippen LogP contribution in [-0.2, 0) is 16.1 Å². The van der Waals surface area contributed by atoms with E-state index in [1.165, 1.54) is 0 Å². The Kier molecular flexibility index (Phi) is 4.89. The van der Waals surface area contributed by atoms with Crippen LogP contribution in [0.4, 0.5) is 0 Å². The lowest BCUT2D eigenvalue weighted by atomic mass is 10.1. The molecular weight excluding hydrogens is 316 g/mol. The number of carbonyl (C=O) groups is 2. The zero-order chi connectivity index (χ0) is 16.4. The molecule has 3 heterocycles. The van der Waals surface area contributed by atoms with E-state index in [1.807, 2.05) is 18.7 Å². The first kappa shape index (κ1) is 16.3. The zero-order valence-corrected chi connectivity index (χ0v) is 14.3. The van der Waals surface area contributed by atoms with E-state index < -0.39 is 0 Å². The number of aromatic nitrogens is 2. The van der Waals surface area contributed by atoms with Crippen LogP contribution in [0, 0.1) is 5.92 Å². The van der Waals surface area contributed by atoms with Gasteiger partial charge in [-0.2, -0.15) is 4.98 Å². The number of rotatable bonds is 5. The second-order valence-corrected chi connectivity index (χ2v) is 7.10. The quantitative estimate of drug-likeness (QED) is 0.815. The normalized spacial score (nSPS) is 22.9. The topological polar surface area (TPSA) is 79.5 Å². The molecule has 23 heavy (non-hydrogen) atoms. The third-order valence-corrected chi connectivity index (χ3v) is 5.48. The van der Waals surface area contributed by atoms with Gasteiger partial charge in [0.15, 0.2) is 5.82 Å². The maximum Gasteiger partial charge on any atom is 0.250 e. The van der Waals surface area contributed by atoms with Gasteiger partial charge in [0.25, 0.3) is 0 Å². The van der Waals surface area contributed by atoms with Crippen molar-refractivity contribution in [3.8, 4) is 0 Å². The van der Waals surface area contributed by atoms with Crippen molar-refractivity contribution in [2.75, 3.05) is 18.2 Å². The molecule has 2 fully saturated rings. The Morgan fingerprint density at radius 1 is 1.52 bits per heavy atom. The molecule has 0 N–H and O–H groups in total. The van der Waals surface area contributed by atoms with E-state index in [4.69, 9.17) is 4.52 Å². The fraction of sp³-hybridized carbons (Fsp3) is 0.733. The van der Waals surface area contributed by atoms with Gasteiger partial charge in [0.05, 0.1) is 12.4 Å². The fourth-order valence-electron chi connectivity index (χ4n) is 2.83. The fourth-order valence-corrected chi connectivity index (χ4v) is 3.99. The van der Waals surface area contributed by atoms with E-state index in [2.05, 4.69) is 10.1 Å². The summed E-state index contributed by atoms with van der Waals surface area (Å²) < 4.78 is 5.38. The number of likely N-dealkylation sites (tertiary alicyclic amines) is 1. The highest BCUT2D eigenvalue weighted by atomic mass is 32.2. The van der Waals surface area contributed by atoms with Gasteiger partial charge in [-0.25, -0.2) is 0 Å². The summed E-state index contributed by atoms with van der Waals surface area (Å²) >= 11 is 1.70. The summed E-state index contributed by atoms with van der Waals surface area (Å²) in [7, 11) is 0. The molecule has 7 nitrogen and oxygen atoms in total. The molecule has 1 unspecified atom stereocenters. The van der Waals surface area contributed by atoms with Crippen molar-refractivity contribution >= 4 is 23.6 Å². The third-order valence-electron chi connectivity index (χ3n) is 4.47. The van der Waals surface area contributed by atoms with E-state index in [-0.39, 0.29) is 23.8 Å². The SMILES string of the molecule is CCC(C)C(=O)N1CSC[C@H]1c1nc(CN2CCCC2=O)no1. The first-order valence-corrected chi connectivity index (χ1v) is 9.24. The molecule has 2 amide bonds. The molecule has 2 saturated heterocycles. The molecule has 0 aromatic carbocycles. The number of carbonyl (C=O) groups excluding carboxylic acids is 2. The van der Waals surface area contributed by atoms with Gasteiger partial charge in [-0.15, -0.1) is 11.8 Å². The highest BCUT2D eigenvalue weighted by Gasteiger charge is 2.36. The molecule has 1 aromatic rings. The number of thioether (sulfide) groups is 1. The molecule has 0 bridgehead atoms. The summed E-state index contributed by atoms with van der Waals surface area (Å²) in [6.07, 6.45) is 2.31. The molecule has 126 valence electrons. The van der Waals surface area contributed by atoms with Gasteiger partial charge in [-0.3, -0.25) is 9.59 Å². The average Bonchev–Trinajstić information content (AvgIpc) is 3.27. The molecule has 8 heteroatoms. The van der Waals surface area contributed by atoms with Crippen molar-refractivity contribution in [1.82, 2.24) is 19.9 Å². The largest absolute Gasteiger partial charge is 0.337 e. The second kappa shape index (κ2) is 6.90. The lowest BCUT2D eigenvalue weighted by molar-refractivity contribution is -0.136. The summed E-state index contributed by atoms with van der Waals surface area (Å²) in [6.45, 7) is 5.10. The molecule has 0 spiro atoms. The first-order chi connectivity index (χ1) is 11.1. The van der Waals surface area contributed by atoms with Crippen LogP contribution < -0.4 is 0 Å². The van der Waals surface area contributed by atoms with E-state index in [1.54, 1.807) is 16.7 Å². The monoisotopic (exact) mass is 338 g/mol. The van der Waals surface area contributed by atoms with Gasteiger partial charge in [0, 0.05) is 24.6 Å². The predicted molar refractivity (Wildman–Crippen MR) is 85.3 cm³/mol. The summed E-state index contributed by atoms with van der Waals surface area (Å²) in [5.74, 6) is 2.71. The van der Waals surface area contributed by atoms with Crippen molar-refractivity contribution in [3.05, 3.63) is 11.7 Å². The van der Waals surface area contributed by atoms with Crippen LogP contribution >= 0.6 is 11.8 Å². The Bertz CT molecular complexity index is 591. The number of nitrogens with zero attached hydrogens (tertiary/aromatic N) is 4. The maximum absolute atomic E-state index is 12.5. The van der Waals surface area contributed by atoms with E-state index in [0.717, 1.165) is 25.1 Å². The first-order valence-electron chi connectivity index (χ1n) is 8.08. The molecular formula is C15H22N4O3S. The molecule has 2 aliphatic heterocycles. The Morgan fingerprint density at radius 3 is 3.04 bits per heavy atom. The van der Waals surface area contributed by atoms with Crippen LogP contribution in [0.1, 0.15) is 50.9 Å². The smallest absolute Gasteiger partial charge is 0.250 e. The van der Waals surface area contributed by atoms with Crippen molar-refractivity contribution in [1.29, 1.82) is 0 Å². The molecule has 0 aliphatic carbocycles. The lowest BCUT2D eigenvalue weighted by Crippen LogP contribution is -2.35. The van der Waals surface area contributed by atoms with Gasteiger partial charge in [0.1, 0.15) is 6.04 Å². The van der Waals surface area contributed by atoms with Gasteiger partial charge in [-0.05, 0) is 12.8 Å².